The predicted octanol–water partition coefficient (Wildman–Crippen LogP) is -2.89. The maximum Gasteiger partial charge on any atom is 1.00 e. The summed E-state index contributed by atoms with van der Waals surface area (Å²) >= 11 is 0. The number of methoxy groups -OCH3 is 1. The number of esters is 1. The van der Waals surface area contributed by atoms with E-state index in [1.807, 2.05) is 0 Å². The quantitative estimate of drug-likeness (QED) is 0.237. The van der Waals surface area contributed by atoms with Crippen LogP contribution in [0.1, 0.15) is 7.85 Å². The van der Waals surface area contributed by atoms with Gasteiger partial charge >= 0.3 is 35.5 Å². The fourth-order valence-corrected chi connectivity index (χ4v) is 1.00. The van der Waals surface area contributed by atoms with Crippen molar-refractivity contribution in [3.05, 3.63) is 12.2 Å². The van der Waals surface area contributed by atoms with Crippen molar-refractivity contribution in [1.29, 1.82) is 0 Å². The molecule has 0 saturated carbocycles. The Balaban J connectivity index is -0.000000605. The Morgan fingerprint density at radius 2 is 2.08 bits per heavy atom. The molecule has 0 aliphatic carbocycles. The molecule has 7 heteroatoms. The Morgan fingerprint density at radius 3 is 2.38 bits per heavy atom. The van der Waals surface area contributed by atoms with Crippen molar-refractivity contribution in [2.45, 2.75) is 6.42 Å². The molecule has 72 valence electrons. The molecule has 0 radical (unpaired) electrons. The Bertz CT molecular complexity index is 287. The van der Waals surface area contributed by atoms with E-state index >= 15 is 0 Å². The van der Waals surface area contributed by atoms with Gasteiger partial charge in [0.25, 0.3) is 10.1 Å². The SMILES string of the molecule is C=C(CCS(=O)(=O)O)C(=O)OC.[H-].[Na+]. The number of carbonyl (C=O) groups is 1. The Labute approximate surface area is 101 Å². The molecular weight excluding hydrogens is 207 g/mol. The average Bonchev–Trinajstić information content (AvgIpc) is 1.97. The zero-order valence-electron chi connectivity index (χ0n) is 8.61. The van der Waals surface area contributed by atoms with E-state index in [4.69, 9.17) is 4.55 Å². The molecule has 13 heavy (non-hydrogen) atoms. The first-order valence-electron chi connectivity index (χ1n) is 3.08. The van der Waals surface area contributed by atoms with Gasteiger partial charge in [-0.3, -0.25) is 4.55 Å². The minimum atomic E-state index is -4.03. The van der Waals surface area contributed by atoms with Crippen LogP contribution in [0.25, 0.3) is 0 Å². The van der Waals surface area contributed by atoms with Crippen LogP contribution in [0.3, 0.4) is 0 Å². The molecule has 0 atom stereocenters. The zero-order chi connectivity index (χ0) is 9.78. The molecular formula is C6H11NaO5S. The normalized spacial score (nSPS) is 10.0. The summed E-state index contributed by atoms with van der Waals surface area (Å²) in [7, 11) is -2.86. The maximum atomic E-state index is 10.6. The van der Waals surface area contributed by atoms with Crippen molar-refractivity contribution in [2.75, 3.05) is 12.9 Å². The van der Waals surface area contributed by atoms with Crippen molar-refractivity contribution in [3.8, 4) is 0 Å². The van der Waals surface area contributed by atoms with Crippen LogP contribution >= 0.6 is 0 Å². The van der Waals surface area contributed by atoms with E-state index in [1.165, 1.54) is 7.11 Å². The molecule has 0 amide bonds. The molecule has 0 saturated heterocycles. The molecule has 0 aromatic rings. The molecule has 1 N–H and O–H groups in total. The van der Waals surface area contributed by atoms with Gasteiger partial charge in [-0.15, -0.1) is 0 Å². The number of rotatable bonds is 4. The maximum absolute atomic E-state index is 10.6. The van der Waals surface area contributed by atoms with Crippen molar-refractivity contribution in [1.82, 2.24) is 0 Å². The molecule has 0 fully saturated rings. The first kappa shape index (κ1) is 15.6. The van der Waals surface area contributed by atoms with Gasteiger partial charge in [0.05, 0.1) is 12.9 Å². The van der Waals surface area contributed by atoms with Crippen LogP contribution in [0.5, 0.6) is 0 Å². The third kappa shape index (κ3) is 8.45. The van der Waals surface area contributed by atoms with E-state index in [1.54, 1.807) is 0 Å². The van der Waals surface area contributed by atoms with Gasteiger partial charge in [0.2, 0.25) is 0 Å². The summed E-state index contributed by atoms with van der Waals surface area (Å²) in [5, 5.41) is 0. The summed E-state index contributed by atoms with van der Waals surface area (Å²) in [5.41, 5.74) is 0.0233. The number of hydrogen-bond acceptors (Lipinski definition) is 4. The van der Waals surface area contributed by atoms with Crippen molar-refractivity contribution in [2.24, 2.45) is 0 Å². The zero-order valence-corrected chi connectivity index (χ0v) is 10.4. The molecule has 5 nitrogen and oxygen atoms in total. The van der Waals surface area contributed by atoms with Crippen LogP contribution in [0.15, 0.2) is 12.2 Å². The van der Waals surface area contributed by atoms with E-state index in [0.717, 1.165) is 0 Å². The molecule has 0 rings (SSSR count). The van der Waals surface area contributed by atoms with Crippen LogP contribution in [-0.4, -0.2) is 31.8 Å². The van der Waals surface area contributed by atoms with Crippen molar-refractivity contribution in [3.63, 3.8) is 0 Å². The monoisotopic (exact) mass is 218 g/mol. The summed E-state index contributed by atoms with van der Waals surface area (Å²) in [6, 6.07) is 0. The minimum Gasteiger partial charge on any atom is -1.00 e. The van der Waals surface area contributed by atoms with Gasteiger partial charge in [-0.05, 0) is 6.42 Å². The Morgan fingerprint density at radius 1 is 1.62 bits per heavy atom. The first-order valence-corrected chi connectivity index (χ1v) is 4.69. The number of carbonyl (C=O) groups excluding carboxylic acids is 1. The molecule has 0 aromatic heterocycles. The second kappa shape index (κ2) is 6.56. The average molecular weight is 218 g/mol. The van der Waals surface area contributed by atoms with E-state index in [0.29, 0.717) is 0 Å². The summed E-state index contributed by atoms with van der Waals surface area (Å²) in [5.74, 6) is -1.18. The summed E-state index contributed by atoms with van der Waals surface area (Å²) in [4.78, 5) is 10.6. The topological polar surface area (TPSA) is 80.7 Å². The summed E-state index contributed by atoms with van der Waals surface area (Å²) in [6.45, 7) is 3.28. The van der Waals surface area contributed by atoms with E-state index in [-0.39, 0.29) is 43.0 Å². The predicted molar refractivity (Wildman–Crippen MR) is 43.3 cm³/mol. The standard InChI is InChI=1S/C6H10O5S.Na.H/c1-5(6(7)11-2)3-4-12(8,9)10;;/h1,3-4H2,2H3,(H,8,9,10);;/q;+1;-1. The van der Waals surface area contributed by atoms with Crippen LogP contribution in [0.4, 0.5) is 0 Å². The van der Waals surface area contributed by atoms with Crippen LogP contribution in [0.2, 0.25) is 0 Å². The van der Waals surface area contributed by atoms with Gasteiger partial charge in [0.15, 0.2) is 0 Å². The second-order valence-corrected chi connectivity index (χ2v) is 3.70. The van der Waals surface area contributed by atoms with Gasteiger partial charge in [0, 0.05) is 5.57 Å². The Hall–Kier alpha value is 0.120. The molecule has 0 spiro atoms. The van der Waals surface area contributed by atoms with Gasteiger partial charge in [-0.1, -0.05) is 6.58 Å². The van der Waals surface area contributed by atoms with E-state index in [2.05, 4.69) is 11.3 Å². The summed E-state index contributed by atoms with van der Waals surface area (Å²) < 4.78 is 33.0. The van der Waals surface area contributed by atoms with Crippen LogP contribution in [0, 0.1) is 0 Å². The van der Waals surface area contributed by atoms with Gasteiger partial charge in [0.1, 0.15) is 0 Å². The largest absolute Gasteiger partial charge is 1.00 e. The van der Waals surface area contributed by atoms with Crippen molar-refractivity contribution >= 4 is 16.1 Å². The first-order chi connectivity index (χ1) is 5.37. The third-order valence-electron chi connectivity index (χ3n) is 1.14. The molecule has 0 heterocycles. The minimum absolute atomic E-state index is 0. The fraction of sp³-hybridized carbons (Fsp3) is 0.500. The number of ether oxygens (including phenoxy) is 1. The molecule has 0 unspecified atom stereocenters. The summed E-state index contributed by atoms with van der Waals surface area (Å²) in [6.07, 6.45) is -0.120. The van der Waals surface area contributed by atoms with Crippen LogP contribution in [-0.2, 0) is 19.6 Å². The van der Waals surface area contributed by atoms with Crippen LogP contribution < -0.4 is 29.6 Å². The number of hydrogen-bond donors (Lipinski definition) is 1. The van der Waals surface area contributed by atoms with Gasteiger partial charge in [-0.2, -0.15) is 8.42 Å². The Kier molecular flexibility index (Phi) is 7.86. The third-order valence-corrected chi connectivity index (χ3v) is 1.86. The van der Waals surface area contributed by atoms with Gasteiger partial charge < -0.3 is 6.16 Å². The fourth-order valence-electron chi connectivity index (χ4n) is 0.499. The molecule has 0 aromatic carbocycles. The van der Waals surface area contributed by atoms with Gasteiger partial charge in [-0.25, -0.2) is 4.79 Å². The molecule has 0 bridgehead atoms. The smallest absolute Gasteiger partial charge is 1.00 e. The molecule has 0 aliphatic rings. The second-order valence-electron chi connectivity index (χ2n) is 2.13. The molecule has 0 aliphatic heterocycles. The van der Waals surface area contributed by atoms with E-state index in [9.17, 15) is 13.2 Å². The van der Waals surface area contributed by atoms with Crippen molar-refractivity contribution < 1.29 is 53.5 Å². The van der Waals surface area contributed by atoms with E-state index < -0.39 is 21.8 Å².